The average molecular weight is 505 g/mol. The Labute approximate surface area is 202 Å². The first-order valence-electron chi connectivity index (χ1n) is 10.6. The number of carbonyl (C=O) groups is 2. The number of thiophene rings is 1. The standard InChI is InChI=1S/C22H22F2N6O4S/c1-2-33-7-3-6-30-15-9-16-14(27-20(32)22(23,24)34-16)8-13(15)28-21(30)29-19(31)18-5-4-17(35-18)12(10-25)11-26/h4-5,8-11,25H,2-3,6-7,26H2,1H3,(H,27,32)(H,28,29,31)/b12-11+,25-10?. The number of benzene rings is 1. The molecular weight excluding hydrogens is 482 g/mol. The van der Waals surface area contributed by atoms with Crippen molar-refractivity contribution in [3.8, 4) is 5.75 Å². The number of carbonyl (C=O) groups excluding carboxylic acids is 2. The highest BCUT2D eigenvalue weighted by molar-refractivity contribution is 7.15. The molecule has 2 amide bonds. The Hall–Kier alpha value is -3.84. The van der Waals surface area contributed by atoms with E-state index in [1.807, 2.05) is 6.92 Å². The summed E-state index contributed by atoms with van der Waals surface area (Å²) in [6.45, 7) is 3.23. The van der Waals surface area contributed by atoms with Gasteiger partial charge in [-0.15, -0.1) is 11.3 Å². The fraction of sp³-hybridized carbons (Fsp3) is 0.273. The number of amides is 2. The number of aryl methyl sites for hydroxylation is 1. The molecule has 3 heterocycles. The quantitative estimate of drug-likeness (QED) is 0.259. The van der Waals surface area contributed by atoms with Gasteiger partial charge in [-0.1, -0.05) is 0 Å². The Morgan fingerprint density at radius 3 is 2.89 bits per heavy atom. The van der Waals surface area contributed by atoms with Gasteiger partial charge in [0.05, 0.1) is 21.6 Å². The molecular formula is C22H22F2N6O4S. The van der Waals surface area contributed by atoms with Gasteiger partial charge in [0.2, 0.25) is 5.95 Å². The van der Waals surface area contributed by atoms with Crippen LogP contribution in [0.2, 0.25) is 0 Å². The molecule has 2 aromatic heterocycles. The van der Waals surface area contributed by atoms with Crippen molar-refractivity contribution in [2.24, 2.45) is 5.73 Å². The van der Waals surface area contributed by atoms with Crippen LogP contribution in [0, 0.1) is 5.41 Å². The van der Waals surface area contributed by atoms with Gasteiger partial charge in [-0.25, -0.2) is 4.98 Å². The lowest BCUT2D eigenvalue weighted by molar-refractivity contribution is -0.189. The van der Waals surface area contributed by atoms with Crippen molar-refractivity contribution in [2.75, 3.05) is 23.8 Å². The summed E-state index contributed by atoms with van der Waals surface area (Å²) >= 11 is 1.16. The van der Waals surface area contributed by atoms with Gasteiger partial charge in [-0.3, -0.25) is 14.9 Å². The maximum atomic E-state index is 13.8. The minimum atomic E-state index is -4.00. The van der Waals surface area contributed by atoms with Gasteiger partial charge >= 0.3 is 12.0 Å². The second-order valence-corrected chi connectivity index (χ2v) is 8.52. The highest BCUT2D eigenvalue weighted by Gasteiger charge is 2.46. The number of halogens is 2. The van der Waals surface area contributed by atoms with Crippen molar-refractivity contribution in [3.63, 3.8) is 0 Å². The van der Waals surface area contributed by atoms with Gasteiger partial charge in [0.15, 0.2) is 5.75 Å². The Morgan fingerprint density at radius 2 is 2.17 bits per heavy atom. The number of nitrogens with two attached hydrogens (primary N) is 1. The molecule has 0 unspecified atom stereocenters. The van der Waals surface area contributed by atoms with E-state index in [1.165, 1.54) is 18.3 Å². The van der Waals surface area contributed by atoms with Gasteiger partial charge in [0.1, 0.15) is 0 Å². The van der Waals surface area contributed by atoms with E-state index in [4.69, 9.17) is 15.9 Å². The monoisotopic (exact) mass is 504 g/mol. The number of hydrogen-bond acceptors (Lipinski definition) is 8. The van der Waals surface area contributed by atoms with E-state index in [9.17, 15) is 18.4 Å². The highest BCUT2D eigenvalue weighted by Crippen LogP contribution is 2.39. The number of rotatable bonds is 9. The van der Waals surface area contributed by atoms with Crippen LogP contribution >= 0.6 is 11.3 Å². The van der Waals surface area contributed by atoms with E-state index in [0.717, 1.165) is 17.6 Å². The van der Waals surface area contributed by atoms with Crippen molar-refractivity contribution in [1.82, 2.24) is 9.55 Å². The largest absolute Gasteiger partial charge is 0.482 e. The molecule has 10 nitrogen and oxygen atoms in total. The average Bonchev–Trinajstić information content (AvgIpc) is 3.42. The molecule has 1 aromatic carbocycles. The minimum Gasteiger partial charge on any atom is -0.423 e. The topological polar surface area (TPSA) is 144 Å². The summed E-state index contributed by atoms with van der Waals surface area (Å²) in [6.07, 6.45) is -1.05. The van der Waals surface area contributed by atoms with E-state index >= 15 is 0 Å². The number of nitrogens with zero attached hydrogens (tertiary/aromatic N) is 2. The van der Waals surface area contributed by atoms with E-state index in [2.05, 4.69) is 20.4 Å². The first-order chi connectivity index (χ1) is 16.8. The molecule has 0 bridgehead atoms. The maximum absolute atomic E-state index is 13.8. The minimum absolute atomic E-state index is 0.0564. The smallest absolute Gasteiger partial charge is 0.423 e. The molecule has 0 radical (unpaired) electrons. The molecule has 0 spiro atoms. The molecule has 0 atom stereocenters. The van der Waals surface area contributed by atoms with Gasteiger partial charge in [-0.05, 0) is 31.5 Å². The molecule has 0 fully saturated rings. The zero-order valence-electron chi connectivity index (χ0n) is 18.6. The molecule has 35 heavy (non-hydrogen) atoms. The van der Waals surface area contributed by atoms with Crippen LogP contribution in [0.4, 0.5) is 20.4 Å². The molecule has 13 heteroatoms. The summed E-state index contributed by atoms with van der Waals surface area (Å²) in [6, 6.07) is 6.06. The molecule has 1 aliphatic heterocycles. The van der Waals surface area contributed by atoms with Crippen LogP contribution in [-0.4, -0.2) is 46.9 Å². The first kappa shape index (κ1) is 24.3. The summed E-state index contributed by atoms with van der Waals surface area (Å²) in [5.74, 6) is -2.02. The Bertz CT molecular complexity index is 1330. The van der Waals surface area contributed by atoms with Crippen molar-refractivity contribution in [2.45, 2.75) is 26.0 Å². The molecule has 5 N–H and O–H groups in total. The van der Waals surface area contributed by atoms with Crippen LogP contribution < -0.4 is 21.1 Å². The number of alkyl halides is 2. The Morgan fingerprint density at radius 1 is 1.40 bits per heavy atom. The number of fused-ring (bicyclic) bond motifs is 2. The fourth-order valence-corrected chi connectivity index (χ4v) is 4.38. The highest BCUT2D eigenvalue weighted by atomic mass is 32.1. The predicted molar refractivity (Wildman–Crippen MR) is 128 cm³/mol. The van der Waals surface area contributed by atoms with E-state index in [1.54, 1.807) is 16.7 Å². The van der Waals surface area contributed by atoms with Crippen LogP contribution in [0.5, 0.6) is 5.75 Å². The molecule has 0 aliphatic carbocycles. The molecule has 4 rings (SSSR count). The lowest BCUT2D eigenvalue weighted by Crippen LogP contribution is -2.43. The summed E-state index contributed by atoms with van der Waals surface area (Å²) in [7, 11) is 0. The first-order valence-corrected chi connectivity index (χ1v) is 11.4. The number of ether oxygens (including phenoxy) is 2. The molecule has 0 saturated carbocycles. The lowest BCUT2D eigenvalue weighted by Gasteiger charge is -2.24. The van der Waals surface area contributed by atoms with E-state index in [-0.39, 0.29) is 17.4 Å². The van der Waals surface area contributed by atoms with Crippen molar-refractivity contribution in [1.29, 1.82) is 5.41 Å². The third kappa shape index (κ3) is 4.86. The zero-order valence-corrected chi connectivity index (χ0v) is 19.4. The van der Waals surface area contributed by atoms with Crippen molar-refractivity contribution >= 4 is 57.6 Å². The van der Waals surface area contributed by atoms with Crippen LogP contribution in [0.15, 0.2) is 30.5 Å². The number of aromatic nitrogens is 2. The SMILES string of the molecule is CCOCCCn1c(NC(=O)c2ccc(/C(C=N)=C/N)s2)nc2cc3c(cc21)OC(F)(F)C(=O)N3. The molecule has 3 aromatic rings. The van der Waals surface area contributed by atoms with Gasteiger partial charge in [0.25, 0.3) is 5.91 Å². The number of hydrogen-bond donors (Lipinski definition) is 4. The van der Waals surface area contributed by atoms with Gasteiger partial charge in [0, 0.05) is 48.7 Å². The Kier molecular flexibility index (Phi) is 6.80. The summed E-state index contributed by atoms with van der Waals surface area (Å²) < 4.78 is 39.2. The van der Waals surface area contributed by atoms with Gasteiger partial charge in [-0.2, -0.15) is 8.78 Å². The van der Waals surface area contributed by atoms with E-state index in [0.29, 0.717) is 52.5 Å². The fourth-order valence-electron chi connectivity index (χ4n) is 3.48. The second-order valence-electron chi connectivity index (χ2n) is 7.43. The third-order valence-corrected chi connectivity index (χ3v) is 6.28. The lowest BCUT2D eigenvalue weighted by atomic mass is 10.2. The van der Waals surface area contributed by atoms with Crippen LogP contribution in [0.3, 0.4) is 0 Å². The van der Waals surface area contributed by atoms with Gasteiger partial charge < -0.3 is 30.5 Å². The third-order valence-electron chi connectivity index (χ3n) is 5.15. The molecule has 1 aliphatic rings. The molecule has 184 valence electrons. The van der Waals surface area contributed by atoms with Crippen molar-refractivity contribution in [3.05, 3.63) is 40.2 Å². The van der Waals surface area contributed by atoms with Crippen LogP contribution in [0.25, 0.3) is 16.6 Å². The maximum Gasteiger partial charge on any atom is 0.482 e. The normalized spacial score (nSPS) is 14.8. The summed E-state index contributed by atoms with van der Waals surface area (Å²) in [5, 5.41) is 12.3. The summed E-state index contributed by atoms with van der Waals surface area (Å²) in [5.41, 5.74) is 6.85. The summed E-state index contributed by atoms with van der Waals surface area (Å²) in [4.78, 5) is 30.0. The number of anilines is 2. The number of nitrogens with one attached hydrogen (secondary N) is 3. The van der Waals surface area contributed by atoms with Crippen molar-refractivity contribution < 1.29 is 27.8 Å². The Balaban J connectivity index is 1.68. The van der Waals surface area contributed by atoms with Crippen LogP contribution in [0.1, 0.15) is 27.9 Å². The van der Waals surface area contributed by atoms with E-state index < -0.39 is 17.9 Å². The predicted octanol–water partition coefficient (Wildman–Crippen LogP) is 3.65. The number of imidazole rings is 1. The zero-order chi connectivity index (χ0) is 25.2. The van der Waals surface area contributed by atoms with Crippen LogP contribution in [-0.2, 0) is 16.1 Å². The number of allylic oxidation sites excluding steroid dienone is 1. The second kappa shape index (κ2) is 9.80. The molecule has 0 saturated heterocycles.